The molecule has 1 N–H and O–H groups in total. The van der Waals surface area contributed by atoms with E-state index in [4.69, 9.17) is 0 Å². The van der Waals surface area contributed by atoms with E-state index in [2.05, 4.69) is 17.1 Å². The van der Waals surface area contributed by atoms with Gasteiger partial charge in [-0.25, -0.2) is 8.42 Å². The molecule has 1 atom stereocenters. The molecule has 0 aromatic carbocycles. The molecule has 0 aliphatic carbocycles. The SMILES string of the molecule is CC(CN(C)C1CCS(=O)(=O)C1)=C1CNC1. The first kappa shape index (κ1) is 12.1. The lowest BCUT2D eigenvalue weighted by Crippen LogP contribution is -2.38. The summed E-state index contributed by atoms with van der Waals surface area (Å²) in [5.41, 5.74) is 2.87. The first-order valence-electron chi connectivity index (χ1n) is 5.77. The van der Waals surface area contributed by atoms with Crippen LogP contribution < -0.4 is 5.32 Å². The Balaban J connectivity index is 1.91. The molecule has 2 heterocycles. The minimum atomic E-state index is -2.76. The second-order valence-corrected chi connectivity index (χ2v) is 7.19. The van der Waals surface area contributed by atoms with Gasteiger partial charge in [-0.1, -0.05) is 5.57 Å². The van der Waals surface area contributed by atoms with Crippen LogP contribution in [0.3, 0.4) is 0 Å². The quantitative estimate of drug-likeness (QED) is 0.711. The Hall–Kier alpha value is -0.390. The smallest absolute Gasteiger partial charge is 0.151 e. The zero-order chi connectivity index (χ0) is 11.8. The first-order valence-corrected chi connectivity index (χ1v) is 7.59. The highest BCUT2D eigenvalue weighted by molar-refractivity contribution is 7.91. The topological polar surface area (TPSA) is 49.4 Å². The van der Waals surface area contributed by atoms with Crippen molar-refractivity contribution in [1.82, 2.24) is 10.2 Å². The Labute approximate surface area is 97.6 Å². The van der Waals surface area contributed by atoms with E-state index in [1.54, 1.807) is 0 Å². The highest BCUT2D eigenvalue weighted by Gasteiger charge is 2.30. The van der Waals surface area contributed by atoms with Crippen LogP contribution in [0.2, 0.25) is 0 Å². The number of hydrogen-bond donors (Lipinski definition) is 1. The van der Waals surface area contributed by atoms with Crippen LogP contribution in [-0.2, 0) is 9.84 Å². The molecule has 5 heteroatoms. The van der Waals surface area contributed by atoms with Crippen LogP contribution in [0.4, 0.5) is 0 Å². The summed E-state index contributed by atoms with van der Waals surface area (Å²) in [7, 11) is -0.729. The van der Waals surface area contributed by atoms with Gasteiger partial charge in [0.05, 0.1) is 11.5 Å². The zero-order valence-electron chi connectivity index (χ0n) is 9.99. The summed E-state index contributed by atoms with van der Waals surface area (Å²) in [6.07, 6.45) is 0.791. The summed E-state index contributed by atoms with van der Waals surface area (Å²) in [6, 6.07) is 0.216. The molecule has 2 aliphatic heterocycles. The molecule has 2 aliphatic rings. The predicted molar refractivity (Wildman–Crippen MR) is 65.3 cm³/mol. The Morgan fingerprint density at radius 2 is 2.19 bits per heavy atom. The number of nitrogens with one attached hydrogen (secondary N) is 1. The van der Waals surface area contributed by atoms with Crippen LogP contribution in [0.5, 0.6) is 0 Å². The normalized spacial score (nSPS) is 28.2. The van der Waals surface area contributed by atoms with Crippen molar-refractivity contribution in [3.8, 4) is 0 Å². The maximum Gasteiger partial charge on any atom is 0.151 e. The van der Waals surface area contributed by atoms with Gasteiger partial charge in [0.25, 0.3) is 0 Å². The van der Waals surface area contributed by atoms with Crippen molar-refractivity contribution in [3.63, 3.8) is 0 Å². The molecule has 0 radical (unpaired) electrons. The third kappa shape index (κ3) is 2.64. The van der Waals surface area contributed by atoms with Gasteiger partial charge in [0, 0.05) is 25.7 Å². The van der Waals surface area contributed by atoms with Crippen molar-refractivity contribution in [3.05, 3.63) is 11.1 Å². The second kappa shape index (κ2) is 4.47. The van der Waals surface area contributed by atoms with Crippen LogP contribution in [0, 0.1) is 0 Å². The van der Waals surface area contributed by atoms with Gasteiger partial charge in [0.1, 0.15) is 0 Å². The molecule has 0 bridgehead atoms. The molecular weight excluding hydrogens is 224 g/mol. The summed E-state index contributed by atoms with van der Waals surface area (Å²) >= 11 is 0. The van der Waals surface area contributed by atoms with E-state index < -0.39 is 9.84 Å². The molecule has 92 valence electrons. The van der Waals surface area contributed by atoms with Crippen molar-refractivity contribution < 1.29 is 8.42 Å². The lowest BCUT2D eigenvalue weighted by atomic mass is 10.0. The number of sulfone groups is 1. The molecular formula is C11H20N2O2S. The van der Waals surface area contributed by atoms with E-state index >= 15 is 0 Å². The fraction of sp³-hybridized carbons (Fsp3) is 0.818. The highest BCUT2D eigenvalue weighted by atomic mass is 32.2. The van der Waals surface area contributed by atoms with Crippen molar-refractivity contribution in [1.29, 1.82) is 0 Å². The summed E-state index contributed by atoms with van der Waals surface area (Å²) in [5, 5.41) is 3.23. The van der Waals surface area contributed by atoms with Crippen molar-refractivity contribution >= 4 is 9.84 Å². The van der Waals surface area contributed by atoms with E-state index in [1.807, 2.05) is 7.05 Å². The highest BCUT2D eigenvalue weighted by Crippen LogP contribution is 2.18. The molecule has 0 aromatic heterocycles. The van der Waals surface area contributed by atoms with Crippen molar-refractivity contribution in [2.45, 2.75) is 19.4 Å². The maximum absolute atomic E-state index is 11.4. The fourth-order valence-electron chi connectivity index (χ4n) is 2.29. The van der Waals surface area contributed by atoms with Crippen LogP contribution in [-0.4, -0.2) is 57.5 Å². The Morgan fingerprint density at radius 1 is 1.50 bits per heavy atom. The average molecular weight is 244 g/mol. The van der Waals surface area contributed by atoms with Gasteiger partial charge < -0.3 is 5.32 Å². The van der Waals surface area contributed by atoms with Gasteiger partial charge in [-0.05, 0) is 26.0 Å². The third-order valence-corrected chi connectivity index (χ3v) is 5.35. The summed E-state index contributed by atoms with van der Waals surface area (Å²) < 4.78 is 22.8. The van der Waals surface area contributed by atoms with Crippen LogP contribution in [0.15, 0.2) is 11.1 Å². The molecule has 2 rings (SSSR count). The molecule has 0 amide bonds. The monoisotopic (exact) mass is 244 g/mol. The molecule has 0 saturated carbocycles. The standard InChI is InChI=1S/C11H20N2O2S/c1-9(10-5-12-6-10)7-13(2)11-3-4-16(14,15)8-11/h11-12H,3-8H2,1-2H3. The van der Waals surface area contributed by atoms with Crippen LogP contribution >= 0.6 is 0 Å². The van der Waals surface area contributed by atoms with E-state index in [0.717, 1.165) is 26.1 Å². The first-order chi connectivity index (χ1) is 7.48. The third-order valence-electron chi connectivity index (χ3n) is 3.60. The minimum Gasteiger partial charge on any atom is -0.309 e. The number of rotatable bonds is 3. The minimum absolute atomic E-state index is 0.216. The van der Waals surface area contributed by atoms with Gasteiger partial charge in [-0.15, -0.1) is 0 Å². The molecule has 4 nitrogen and oxygen atoms in total. The fourth-order valence-corrected chi connectivity index (χ4v) is 4.10. The van der Waals surface area contributed by atoms with Gasteiger partial charge in [-0.2, -0.15) is 0 Å². The van der Waals surface area contributed by atoms with Gasteiger partial charge >= 0.3 is 0 Å². The maximum atomic E-state index is 11.4. The van der Waals surface area contributed by atoms with Gasteiger partial charge in [0.2, 0.25) is 0 Å². The number of likely N-dealkylation sites (N-methyl/N-ethyl adjacent to an activating group) is 1. The average Bonchev–Trinajstić information content (AvgIpc) is 2.42. The number of hydrogen-bond acceptors (Lipinski definition) is 4. The number of nitrogens with zero attached hydrogens (tertiary/aromatic N) is 1. The lowest BCUT2D eigenvalue weighted by Gasteiger charge is -2.27. The second-order valence-electron chi connectivity index (χ2n) is 4.96. The van der Waals surface area contributed by atoms with E-state index in [0.29, 0.717) is 11.5 Å². The predicted octanol–water partition coefficient (Wildman–Crippen LogP) is 0.0250. The van der Waals surface area contributed by atoms with Crippen LogP contribution in [0.25, 0.3) is 0 Å². The zero-order valence-corrected chi connectivity index (χ0v) is 10.8. The summed E-state index contributed by atoms with van der Waals surface area (Å²) in [6.45, 7) is 5.05. The summed E-state index contributed by atoms with van der Waals surface area (Å²) in [4.78, 5) is 2.19. The molecule has 0 aromatic rings. The summed E-state index contributed by atoms with van der Waals surface area (Å²) in [5.74, 6) is 0.698. The van der Waals surface area contributed by atoms with E-state index in [9.17, 15) is 8.42 Å². The Bertz CT molecular complexity index is 394. The Morgan fingerprint density at radius 3 is 2.62 bits per heavy atom. The molecule has 2 saturated heterocycles. The largest absolute Gasteiger partial charge is 0.309 e. The van der Waals surface area contributed by atoms with E-state index in [1.165, 1.54) is 11.1 Å². The van der Waals surface area contributed by atoms with Crippen molar-refractivity contribution in [2.75, 3.05) is 38.2 Å². The van der Waals surface area contributed by atoms with Crippen molar-refractivity contribution in [2.24, 2.45) is 0 Å². The lowest BCUT2D eigenvalue weighted by molar-refractivity contribution is 0.281. The molecule has 16 heavy (non-hydrogen) atoms. The van der Waals surface area contributed by atoms with Crippen LogP contribution in [0.1, 0.15) is 13.3 Å². The molecule has 2 fully saturated rings. The Kier molecular flexibility index (Phi) is 3.37. The molecule has 0 spiro atoms. The van der Waals surface area contributed by atoms with Gasteiger partial charge in [0.15, 0.2) is 9.84 Å². The van der Waals surface area contributed by atoms with E-state index in [-0.39, 0.29) is 6.04 Å². The van der Waals surface area contributed by atoms with Gasteiger partial charge in [-0.3, -0.25) is 4.90 Å². The molecule has 1 unspecified atom stereocenters.